The summed E-state index contributed by atoms with van der Waals surface area (Å²) < 4.78 is 23.9. The zero-order valence-corrected chi connectivity index (χ0v) is 10.0. The van der Waals surface area contributed by atoms with Crippen LogP contribution < -0.4 is 10.1 Å². The fraction of sp³-hybridized carbons (Fsp3) is 0.538. The van der Waals surface area contributed by atoms with Crippen LogP contribution in [0.4, 0.5) is 4.39 Å². The summed E-state index contributed by atoms with van der Waals surface area (Å²) in [5, 5.41) is 3.31. The third-order valence-corrected chi connectivity index (χ3v) is 2.96. The minimum Gasteiger partial charge on any atom is -0.496 e. The summed E-state index contributed by atoms with van der Waals surface area (Å²) in [5.41, 5.74) is 0.907. The third-order valence-electron chi connectivity index (χ3n) is 2.96. The van der Waals surface area contributed by atoms with Gasteiger partial charge in [-0.3, -0.25) is 0 Å². The summed E-state index contributed by atoms with van der Waals surface area (Å²) in [6, 6.07) is 4.64. The van der Waals surface area contributed by atoms with Crippen LogP contribution in [0.3, 0.4) is 0 Å². The van der Waals surface area contributed by atoms with Gasteiger partial charge in [0.15, 0.2) is 0 Å². The van der Waals surface area contributed by atoms with Crippen molar-refractivity contribution in [1.82, 2.24) is 5.32 Å². The molecule has 17 heavy (non-hydrogen) atoms. The van der Waals surface area contributed by atoms with Gasteiger partial charge in [0.1, 0.15) is 11.6 Å². The summed E-state index contributed by atoms with van der Waals surface area (Å²) >= 11 is 0. The Morgan fingerprint density at radius 1 is 1.53 bits per heavy atom. The lowest BCUT2D eigenvalue weighted by molar-refractivity contribution is 0.123. The predicted octanol–water partition coefficient (Wildman–Crippen LogP) is 1.61. The fourth-order valence-corrected chi connectivity index (χ4v) is 2.11. The lowest BCUT2D eigenvalue weighted by Gasteiger charge is -2.15. The molecule has 1 aromatic rings. The average molecular weight is 239 g/mol. The molecule has 0 aromatic heterocycles. The molecule has 0 aliphatic carbocycles. The van der Waals surface area contributed by atoms with Gasteiger partial charge in [0.05, 0.1) is 20.3 Å². The van der Waals surface area contributed by atoms with E-state index in [9.17, 15) is 4.39 Å². The first-order chi connectivity index (χ1) is 8.29. The second-order valence-corrected chi connectivity index (χ2v) is 4.31. The van der Waals surface area contributed by atoms with Gasteiger partial charge in [-0.2, -0.15) is 0 Å². The highest BCUT2D eigenvalue weighted by molar-refractivity contribution is 5.34. The summed E-state index contributed by atoms with van der Waals surface area (Å²) in [5.74, 6) is 0.896. The molecule has 1 aliphatic heterocycles. The Labute approximate surface area is 101 Å². The molecule has 94 valence electrons. The van der Waals surface area contributed by atoms with E-state index in [-0.39, 0.29) is 5.82 Å². The Morgan fingerprint density at radius 2 is 2.41 bits per heavy atom. The quantitative estimate of drug-likeness (QED) is 0.869. The van der Waals surface area contributed by atoms with Crippen molar-refractivity contribution in [3.8, 4) is 5.75 Å². The molecular formula is C13H18FNO2. The highest BCUT2D eigenvalue weighted by Crippen LogP contribution is 2.22. The van der Waals surface area contributed by atoms with Gasteiger partial charge in [0, 0.05) is 13.1 Å². The molecule has 0 spiro atoms. The minimum atomic E-state index is -0.219. The van der Waals surface area contributed by atoms with Crippen LogP contribution in [-0.2, 0) is 11.2 Å². The molecule has 4 heteroatoms. The number of nitrogens with one attached hydrogen (secondary N) is 1. The van der Waals surface area contributed by atoms with Crippen molar-refractivity contribution in [2.75, 3.05) is 33.4 Å². The summed E-state index contributed by atoms with van der Waals surface area (Å²) in [4.78, 5) is 0. The Bertz CT molecular complexity index is 362. The number of ether oxygens (including phenoxy) is 2. The SMILES string of the molecule is COc1ccc(F)cc1CC1CNCCOC1. The van der Waals surface area contributed by atoms with Crippen LogP contribution in [0.15, 0.2) is 18.2 Å². The number of hydrogen-bond donors (Lipinski definition) is 1. The van der Waals surface area contributed by atoms with Crippen LogP contribution in [0.1, 0.15) is 5.56 Å². The van der Waals surface area contributed by atoms with Crippen LogP contribution in [0.2, 0.25) is 0 Å². The number of methoxy groups -OCH3 is 1. The predicted molar refractivity (Wildman–Crippen MR) is 63.8 cm³/mol. The van der Waals surface area contributed by atoms with Gasteiger partial charge in [-0.1, -0.05) is 0 Å². The Morgan fingerprint density at radius 3 is 3.24 bits per heavy atom. The van der Waals surface area contributed by atoms with Crippen molar-refractivity contribution in [3.05, 3.63) is 29.6 Å². The van der Waals surface area contributed by atoms with Crippen LogP contribution in [0.5, 0.6) is 5.75 Å². The lowest BCUT2D eigenvalue weighted by Crippen LogP contribution is -2.24. The lowest BCUT2D eigenvalue weighted by atomic mass is 9.99. The van der Waals surface area contributed by atoms with E-state index in [1.54, 1.807) is 19.2 Å². The van der Waals surface area contributed by atoms with Crippen molar-refractivity contribution in [1.29, 1.82) is 0 Å². The Balaban J connectivity index is 2.07. The van der Waals surface area contributed by atoms with E-state index in [1.807, 2.05) is 0 Å². The first-order valence-corrected chi connectivity index (χ1v) is 5.90. The number of rotatable bonds is 3. The first-order valence-electron chi connectivity index (χ1n) is 5.90. The molecule has 1 N–H and O–H groups in total. The molecule has 0 radical (unpaired) electrons. The Hall–Kier alpha value is -1.13. The van der Waals surface area contributed by atoms with Crippen LogP contribution in [0, 0.1) is 11.7 Å². The van der Waals surface area contributed by atoms with E-state index < -0.39 is 0 Å². The van der Waals surface area contributed by atoms with E-state index in [2.05, 4.69) is 5.32 Å². The number of benzene rings is 1. The molecule has 0 bridgehead atoms. The maximum Gasteiger partial charge on any atom is 0.123 e. The summed E-state index contributed by atoms with van der Waals surface area (Å²) in [6.07, 6.45) is 0.772. The maximum atomic E-state index is 13.2. The molecule has 0 saturated carbocycles. The highest BCUT2D eigenvalue weighted by atomic mass is 19.1. The van der Waals surface area contributed by atoms with Gasteiger partial charge in [-0.15, -0.1) is 0 Å². The van der Waals surface area contributed by atoms with Gasteiger partial charge in [-0.25, -0.2) is 4.39 Å². The molecule has 1 heterocycles. The third kappa shape index (κ3) is 3.41. The summed E-state index contributed by atoms with van der Waals surface area (Å²) in [6.45, 7) is 3.25. The number of hydrogen-bond acceptors (Lipinski definition) is 3. The molecule has 3 nitrogen and oxygen atoms in total. The van der Waals surface area contributed by atoms with E-state index >= 15 is 0 Å². The second kappa shape index (κ2) is 5.98. The minimum absolute atomic E-state index is 0.219. The standard InChI is InChI=1S/C13H18FNO2/c1-16-13-3-2-12(14)7-11(13)6-10-8-15-4-5-17-9-10/h2-3,7,10,15H,4-6,8-9H2,1H3. The molecule has 1 atom stereocenters. The van der Waals surface area contributed by atoms with Gasteiger partial charge < -0.3 is 14.8 Å². The largest absolute Gasteiger partial charge is 0.496 e. The topological polar surface area (TPSA) is 30.5 Å². The molecule has 1 unspecified atom stereocenters. The normalized spacial score (nSPS) is 20.9. The monoisotopic (exact) mass is 239 g/mol. The van der Waals surface area contributed by atoms with E-state index in [0.29, 0.717) is 12.5 Å². The molecule has 0 amide bonds. The van der Waals surface area contributed by atoms with Gasteiger partial charge >= 0.3 is 0 Å². The van der Waals surface area contributed by atoms with Crippen LogP contribution in [0.25, 0.3) is 0 Å². The van der Waals surface area contributed by atoms with Crippen molar-refractivity contribution in [3.63, 3.8) is 0 Å². The van der Waals surface area contributed by atoms with Crippen LogP contribution >= 0.6 is 0 Å². The fourth-order valence-electron chi connectivity index (χ4n) is 2.11. The second-order valence-electron chi connectivity index (χ2n) is 4.31. The highest BCUT2D eigenvalue weighted by Gasteiger charge is 2.15. The zero-order chi connectivity index (χ0) is 12.1. The van der Waals surface area contributed by atoms with E-state index in [0.717, 1.165) is 37.4 Å². The van der Waals surface area contributed by atoms with Gasteiger partial charge in [-0.05, 0) is 36.1 Å². The molecule has 1 aromatic carbocycles. The molecular weight excluding hydrogens is 221 g/mol. The van der Waals surface area contributed by atoms with E-state index in [4.69, 9.17) is 9.47 Å². The molecule has 1 aliphatic rings. The van der Waals surface area contributed by atoms with Crippen molar-refractivity contribution >= 4 is 0 Å². The van der Waals surface area contributed by atoms with Crippen molar-refractivity contribution in [2.45, 2.75) is 6.42 Å². The zero-order valence-electron chi connectivity index (χ0n) is 10.0. The molecule has 1 saturated heterocycles. The average Bonchev–Trinajstić information content (AvgIpc) is 2.58. The molecule has 1 fully saturated rings. The van der Waals surface area contributed by atoms with Crippen molar-refractivity contribution < 1.29 is 13.9 Å². The van der Waals surface area contributed by atoms with Gasteiger partial charge in [0.2, 0.25) is 0 Å². The number of halogens is 1. The van der Waals surface area contributed by atoms with E-state index in [1.165, 1.54) is 6.07 Å². The first kappa shape index (κ1) is 12.3. The van der Waals surface area contributed by atoms with Crippen molar-refractivity contribution in [2.24, 2.45) is 5.92 Å². The Kier molecular flexibility index (Phi) is 4.34. The maximum absolute atomic E-state index is 13.2. The summed E-state index contributed by atoms with van der Waals surface area (Å²) in [7, 11) is 1.61. The smallest absolute Gasteiger partial charge is 0.123 e. The van der Waals surface area contributed by atoms with Crippen LogP contribution in [-0.4, -0.2) is 33.4 Å². The van der Waals surface area contributed by atoms with Gasteiger partial charge in [0.25, 0.3) is 0 Å². The molecule has 2 rings (SSSR count).